The van der Waals surface area contributed by atoms with Crippen molar-refractivity contribution in [2.24, 2.45) is 34.5 Å². The van der Waals surface area contributed by atoms with E-state index in [1.807, 2.05) is 6.07 Å². The van der Waals surface area contributed by atoms with E-state index in [0.29, 0.717) is 23.4 Å². The van der Waals surface area contributed by atoms with Gasteiger partial charge in [-0.2, -0.15) is 0 Å². The highest BCUT2D eigenvalue weighted by atomic mass is 16.5. The van der Waals surface area contributed by atoms with Crippen molar-refractivity contribution in [2.75, 3.05) is 13.2 Å². The minimum atomic E-state index is -0.456. The van der Waals surface area contributed by atoms with E-state index in [4.69, 9.17) is 9.47 Å². The molecular formula is C22H21N3O6. The topological polar surface area (TPSA) is 102 Å². The molecule has 4 aliphatic carbocycles. The second-order valence-corrected chi connectivity index (χ2v) is 9.67. The summed E-state index contributed by atoms with van der Waals surface area (Å²) in [4.78, 5) is 50.4. The van der Waals surface area contributed by atoms with E-state index in [9.17, 15) is 19.2 Å². The van der Waals surface area contributed by atoms with Crippen molar-refractivity contribution in [3.63, 3.8) is 0 Å². The molecule has 2 aromatic rings. The van der Waals surface area contributed by atoms with E-state index >= 15 is 0 Å². The third kappa shape index (κ3) is 1.61. The maximum absolute atomic E-state index is 13.5. The molecule has 1 aromatic heterocycles. The number of hydrogen-bond donors (Lipinski definition) is 0. The molecule has 160 valence electrons. The summed E-state index contributed by atoms with van der Waals surface area (Å²) in [5, 5.41) is 0. The van der Waals surface area contributed by atoms with Crippen molar-refractivity contribution >= 4 is 11.9 Å². The van der Waals surface area contributed by atoms with Crippen LogP contribution in [0.1, 0.15) is 25.9 Å². The van der Waals surface area contributed by atoms with Gasteiger partial charge in [0.15, 0.2) is 0 Å². The number of rotatable bonds is 5. The molecule has 6 aliphatic rings. The van der Waals surface area contributed by atoms with Gasteiger partial charge in [-0.3, -0.25) is 9.59 Å². The summed E-state index contributed by atoms with van der Waals surface area (Å²) in [6.45, 7) is 3.12. The van der Waals surface area contributed by atoms with E-state index in [1.54, 1.807) is 33.6 Å². The molecule has 0 radical (unpaired) electrons. The van der Waals surface area contributed by atoms with Gasteiger partial charge in [0.05, 0.1) is 17.8 Å². The molecule has 4 fully saturated rings. The highest BCUT2D eigenvalue weighted by molar-refractivity contribution is 5.67. The Morgan fingerprint density at radius 2 is 1.32 bits per heavy atom. The van der Waals surface area contributed by atoms with Crippen molar-refractivity contribution in [3.8, 4) is 5.69 Å². The fraction of sp³-hybridized carbons (Fsp3) is 0.545. The number of aromatic nitrogens is 3. The number of carbonyl (C=O) groups is 2. The first-order chi connectivity index (χ1) is 14.9. The van der Waals surface area contributed by atoms with Gasteiger partial charge < -0.3 is 9.47 Å². The van der Waals surface area contributed by atoms with E-state index in [1.165, 1.54) is 18.4 Å². The molecule has 0 saturated heterocycles. The molecule has 0 amide bonds. The first kappa shape index (κ1) is 17.6. The molecule has 0 N–H and O–H groups in total. The highest BCUT2D eigenvalue weighted by Crippen LogP contribution is 3.02. The lowest BCUT2D eigenvalue weighted by molar-refractivity contribution is -0.153. The number of benzene rings is 1. The molecule has 8 atom stereocenters. The number of ether oxygens (including phenoxy) is 2. The Morgan fingerprint density at radius 3 is 1.77 bits per heavy atom. The van der Waals surface area contributed by atoms with Crippen molar-refractivity contribution in [1.29, 1.82) is 0 Å². The van der Waals surface area contributed by atoms with Gasteiger partial charge in [0.2, 0.25) is 0 Å². The van der Waals surface area contributed by atoms with Crippen LogP contribution >= 0.6 is 0 Å². The third-order valence-corrected chi connectivity index (χ3v) is 8.83. The van der Waals surface area contributed by atoms with Gasteiger partial charge in [-0.05, 0) is 35.8 Å². The van der Waals surface area contributed by atoms with Crippen molar-refractivity contribution in [1.82, 2.24) is 13.9 Å². The average molecular weight is 423 g/mol. The van der Waals surface area contributed by atoms with Crippen LogP contribution in [0, 0.1) is 34.5 Å². The standard InChI is InChI=1S/C22H21N3O6/c1-10(26)30-8-21-16-13-14-15(13)18(22(16,21)9-31-11(2)27)25-20(29)23(12-6-4-3-5-7-12)19(28)24(25)17(14)21/h3-7,13-18H,8-9H2,1-2H3/t13?,14-,15+,16?,17-,18-,21-,22+/m0/s1. The number of nitrogens with zero attached hydrogens (tertiary/aromatic N) is 3. The fourth-order valence-electron chi connectivity index (χ4n) is 8.25. The number of para-hydroxylation sites is 1. The predicted molar refractivity (Wildman–Crippen MR) is 104 cm³/mol. The molecule has 0 spiro atoms. The number of esters is 2. The normalized spacial score (nSPS) is 41.0. The van der Waals surface area contributed by atoms with Gasteiger partial charge in [0, 0.05) is 24.7 Å². The van der Waals surface area contributed by atoms with Crippen LogP contribution in [0.5, 0.6) is 0 Å². The summed E-state index contributed by atoms with van der Waals surface area (Å²) in [7, 11) is 0. The Morgan fingerprint density at radius 1 is 0.839 bits per heavy atom. The summed E-state index contributed by atoms with van der Waals surface area (Å²) >= 11 is 0. The predicted octanol–water partition coefficient (Wildman–Crippen LogP) is 0.515. The average Bonchev–Trinajstić information content (AvgIpc) is 3.49. The molecule has 2 unspecified atom stereocenters. The zero-order valence-corrected chi connectivity index (χ0v) is 17.1. The van der Waals surface area contributed by atoms with Crippen LogP contribution in [0.25, 0.3) is 5.69 Å². The minimum Gasteiger partial charge on any atom is -0.465 e. The van der Waals surface area contributed by atoms with Crippen LogP contribution in [0.3, 0.4) is 0 Å². The first-order valence-corrected chi connectivity index (χ1v) is 10.7. The summed E-state index contributed by atoms with van der Waals surface area (Å²) < 4.78 is 15.5. The molecule has 8 rings (SSSR count). The summed E-state index contributed by atoms with van der Waals surface area (Å²) in [5.41, 5.74) is -1.09. The van der Waals surface area contributed by atoms with Crippen LogP contribution < -0.4 is 11.4 Å². The molecule has 9 heteroatoms. The third-order valence-electron chi connectivity index (χ3n) is 8.83. The summed E-state index contributed by atoms with van der Waals surface area (Å²) in [6, 6.07) is 8.46. The summed E-state index contributed by atoms with van der Waals surface area (Å²) in [6.07, 6.45) is 0. The van der Waals surface area contributed by atoms with E-state index in [2.05, 4.69) is 0 Å². The Hall–Kier alpha value is -3.10. The Balaban J connectivity index is 1.44. The van der Waals surface area contributed by atoms with Gasteiger partial charge in [0.25, 0.3) is 0 Å². The molecule has 2 aliphatic heterocycles. The molecule has 2 bridgehead atoms. The molecule has 9 nitrogen and oxygen atoms in total. The number of carbonyl (C=O) groups excluding carboxylic acids is 2. The molecular weight excluding hydrogens is 402 g/mol. The highest BCUT2D eigenvalue weighted by Gasteiger charge is 3.04. The summed E-state index contributed by atoms with van der Waals surface area (Å²) in [5.74, 6) is 0.461. The Kier molecular flexibility index (Phi) is 2.85. The largest absolute Gasteiger partial charge is 0.465 e. The molecule has 4 saturated carbocycles. The fourth-order valence-corrected chi connectivity index (χ4v) is 8.25. The second-order valence-electron chi connectivity index (χ2n) is 9.67. The molecule has 3 heterocycles. The second kappa shape index (κ2) is 5.03. The monoisotopic (exact) mass is 423 g/mol. The van der Waals surface area contributed by atoms with Crippen molar-refractivity contribution in [3.05, 3.63) is 51.3 Å². The quantitative estimate of drug-likeness (QED) is 0.650. The van der Waals surface area contributed by atoms with Crippen LogP contribution in [0.15, 0.2) is 39.9 Å². The zero-order valence-electron chi connectivity index (χ0n) is 17.1. The van der Waals surface area contributed by atoms with Crippen LogP contribution in [-0.4, -0.2) is 39.1 Å². The van der Waals surface area contributed by atoms with Gasteiger partial charge >= 0.3 is 23.3 Å². The van der Waals surface area contributed by atoms with Crippen molar-refractivity contribution < 1.29 is 19.1 Å². The lowest BCUT2D eigenvalue weighted by Gasteiger charge is -2.47. The molecule has 31 heavy (non-hydrogen) atoms. The first-order valence-electron chi connectivity index (χ1n) is 10.7. The van der Waals surface area contributed by atoms with Crippen molar-refractivity contribution in [2.45, 2.75) is 25.9 Å². The van der Waals surface area contributed by atoms with Crippen LogP contribution in [-0.2, 0) is 19.1 Å². The maximum atomic E-state index is 13.5. The van der Waals surface area contributed by atoms with Gasteiger partial charge in [-0.25, -0.2) is 23.5 Å². The number of hydrogen-bond acceptors (Lipinski definition) is 6. The van der Waals surface area contributed by atoms with Gasteiger partial charge in [0.1, 0.15) is 13.2 Å². The minimum absolute atomic E-state index is 0.187. The Labute approximate surface area is 176 Å². The maximum Gasteiger partial charge on any atom is 0.352 e. The Bertz CT molecular complexity index is 1230. The van der Waals surface area contributed by atoms with Crippen LogP contribution in [0.4, 0.5) is 0 Å². The van der Waals surface area contributed by atoms with Crippen LogP contribution in [0.2, 0.25) is 0 Å². The molecule has 1 aromatic carbocycles. The lowest BCUT2D eigenvalue weighted by atomic mass is 9.72. The van der Waals surface area contributed by atoms with E-state index in [-0.39, 0.29) is 54.5 Å². The van der Waals surface area contributed by atoms with E-state index in [0.717, 1.165) is 0 Å². The van der Waals surface area contributed by atoms with E-state index < -0.39 is 10.8 Å². The van der Waals surface area contributed by atoms with Gasteiger partial charge in [-0.1, -0.05) is 18.2 Å². The smallest absolute Gasteiger partial charge is 0.352 e. The zero-order chi connectivity index (χ0) is 21.4. The lowest BCUT2D eigenvalue weighted by Crippen LogP contribution is -2.55. The SMILES string of the molecule is CC(=O)OC[C@]12C3C4[C@@H]5[C@H]4[C@@H]1n1c(=O)n(-c4ccccc4)c(=O)n1[C@@H]5[C@@]32COC(C)=O. The van der Waals surface area contributed by atoms with Gasteiger partial charge in [-0.15, -0.1) is 0 Å².